The standard InChI is InChI=1S/C15H25NO4/c1-6-19-13(17)9-11(2)12-7-8-16(10-12)14(18)20-15(3,4)5/h9,12H,6-8,10H2,1-5H3/b11-9-. The molecular formula is C15H25NO4. The van der Waals surface area contributed by atoms with Gasteiger partial charge in [0.05, 0.1) is 6.61 Å². The maximum atomic E-state index is 11.9. The average molecular weight is 283 g/mol. The quantitative estimate of drug-likeness (QED) is 0.590. The van der Waals surface area contributed by atoms with E-state index in [2.05, 4.69) is 0 Å². The van der Waals surface area contributed by atoms with Crippen LogP contribution >= 0.6 is 0 Å². The summed E-state index contributed by atoms with van der Waals surface area (Å²) in [6, 6.07) is 0. The van der Waals surface area contributed by atoms with Crippen molar-refractivity contribution in [3.63, 3.8) is 0 Å². The van der Waals surface area contributed by atoms with Crippen molar-refractivity contribution in [1.82, 2.24) is 4.90 Å². The zero-order chi connectivity index (χ0) is 15.3. The summed E-state index contributed by atoms with van der Waals surface area (Å²) in [5, 5.41) is 0. The fourth-order valence-corrected chi connectivity index (χ4v) is 2.11. The molecule has 114 valence electrons. The van der Waals surface area contributed by atoms with Gasteiger partial charge in [-0.05, 0) is 47.0 Å². The van der Waals surface area contributed by atoms with E-state index in [9.17, 15) is 9.59 Å². The van der Waals surface area contributed by atoms with Gasteiger partial charge < -0.3 is 14.4 Å². The zero-order valence-electron chi connectivity index (χ0n) is 13.1. The number of likely N-dealkylation sites (tertiary alicyclic amines) is 1. The lowest BCUT2D eigenvalue weighted by atomic mass is 10.00. The van der Waals surface area contributed by atoms with Crippen molar-refractivity contribution < 1.29 is 19.1 Å². The summed E-state index contributed by atoms with van der Waals surface area (Å²) in [7, 11) is 0. The number of carbonyl (C=O) groups is 2. The van der Waals surface area contributed by atoms with E-state index in [1.54, 1.807) is 11.8 Å². The molecule has 1 rings (SSSR count). The summed E-state index contributed by atoms with van der Waals surface area (Å²) in [6.45, 7) is 10.9. The van der Waals surface area contributed by atoms with Crippen molar-refractivity contribution >= 4 is 12.1 Å². The highest BCUT2D eigenvalue weighted by atomic mass is 16.6. The van der Waals surface area contributed by atoms with Crippen LogP contribution in [0.5, 0.6) is 0 Å². The molecule has 1 saturated heterocycles. The summed E-state index contributed by atoms with van der Waals surface area (Å²) >= 11 is 0. The van der Waals surface area contributed by atoms with Gasteiger partial charge in [-0.2, -0.15) is 0 Å². The lowest BCUT2D eigenvalue weighted by Gasteiger charge is -2.24. The Hall–Kier alpha value is -1.52. The Bertz CT molecular complexity index is 395. The van der Waals surface area contributed by atoms with E-state index >= 15 is 0 Å². The van der Waals surface area contributed by atoms with Crippen LogP contribution in [0.2, 0.25) is 0 Å². The Labute approximate surface area is 120 Å². The van der Waals surface area contributed by atoms with Crippen LogP contribution in [0.25, 0.3) is 0 Å². The second-order valence-electron chi connectivity index (χ2n) is 6.05. The van der Waals surface area contributed by atoms with Crippen LogP contribution in [0, 0.1) is 5.92 Å². The van der Waals surface area contributed by atoms with Gasteiger partial charge in [0.2, 0.25) is 0 Å². The molecule has 1 heterocycles. The molecule has 0 aromatic heterocycles. The molecule has 1 fully saturated rings. The molecule has 0 aliphatic carbocycles. The number of nitrogens with zero attached hydrogens (tertiary/aromatic N) is 1. The van der Waals surface area contributed by atoms with Crippen molar-refractivity contribution in [3.05, 3.63) is 11.6 Å². The molecule has 0 aromatic carbocycles. The van der Waals surface area contributed by atoms with Crippen molar-refractivity contribution in [2.45, 2.75) is 46.6 Å². The van der Waals surface area contributed by atoms with Crippen molar-refractivity contribution in [3.8, 4) is 0 Å². The molecule has 1 aliphatic heterocycles. The molecule has 1 atom stereocenters. The Balaban J connectivity index is 2.55. The molecule has 0 N–H and O–H groups in total. The number of carbonyl (C=O) groups excluding carboxylic acids is 2. The molecule has 1 aliphatic rings. The molecule has 0 bridgehead atoms. The van der Waals surface area contributed by atoms with E-state index in [4.69, 9.17) is 9.47 Å². The van der Waals surface area contributed by atoms with E-state index in [1.807, 2.05) is 27.7 Å². The highest BCUT2D eigenvalue weighted by Crippen LogP contribution is 2.25. The average Bonchev–Trinajstić information content (AvgIpc) is 2.75. The molecule has 0 saturated carbocycles. The lowest BCUT2D eigenvalue weighted by Crippen LogP contribution is -2.35. The Morgan fingerprint density at radius 2 is 2.00 bits per heavy atom. The van der Waals surface area contributed by atoms with E-state index in [0.29, 0.717) is 19.7 Å². The van der Waals surface area contributed by atoms with Gasteiger partial charge in [0.1, 0.15) is 5.60 Å². The summed E-state index contributed by atoms with van der Waals surface area (Å²) in [5.74, 6) is -0.118. The minimum Gasteiger partial charge on any atom is -0.463 e. The predicted octanol–water partition coefficient (Wildman–Crippen LogP) is 2.75. The minimum absolute atomic E-state index is 0.201. The number of rotatable bonds is 3. The third-order valence-electron chi connectivity index (χ3n) is 3.12. The molecule has 20 heavy (non-hydrogen) atoms. The van der Waals surface area contributed by atoms with Crippen LogP contribution in [-0.2, 0) is 14.3 Å². The molecular weight excluding hydrogens is 258 g/mol. The topological polar surface area (TPSA) is 55.8 Å². The fourth-order valence-electron chi connectivity index (χ4n) is 2.11. The Morgan fingerprint density at radius 3 is 2.55 bits per heavy atom. The number of ether oxygens (including phenoxy) is 2. The van der Waals surface area contributed by atoms with E-state index in [1.165, 1.54) is 6.08 Å². The maximum absolute atomic E-state index is 11.9. The third-order valence-corrected chi connectivity index (χ3v) is 3.12. The summed E-state index contributed by atoms with van der Waals surface area (Å²) < 4.78 is 10.2. The van der Waals surface area contributed by atoms with Gasteiger partial charge in [0, 0.05) is 19.2 Å². The van der Waals surface area contributed by atoms with E-state index in [0.717, 1.165) is 12.0 Å². The van der Waals surface area contributed by atoms with Crippen LogP contribution in [0.1, 0.15) is 41.0 Å². The van der Waals surface area contributed by atoms with Crippen LogP contribution < -0.4 is 0 Å². The van der Waals surface area contributed by atoms with E-state index in [-0.39, 0.29) is 18.0 Å². The van der Waals surface area contributed by atoms with Crippen LogP contribution in [0.4, 0.5) is 4.79 Å². The minimum atomic E-state index is -0.481. The largest absolute Gasteiger partial charge is 0.463 e. The highest BCUT2D eigenvalue weighted by Gasteiger charge is 2.30. The van der Waals surface area contributed by atoms with E-state index < -0.39 is 5.60 Å². The number of hydrogen-bond acceptors (Lipinski definition) is 4. The monoisotopic (exact) mass is 283 g/mol. The fraction of sp³-hybridized carbons (Fsp3) is 0.733. The summed E-state index contributed by atoms with van der Waals surface area (Å²) in [4.78, 5) is 25.0. The maximum Gasteiger partial charge on any atom is 0.410 e. The molecule has 5 heteroatoms. The Morgan fingerprint density at radius 1 is 1.35 bits per heavy atom. The van der Waals surface area contributed by atoms with Gasteiger partial charge in [0.25, 0.3) is 0 Å². The SMILES string of the molecule is CCOC(=O)/C=C(/C)C1CCN(C(=O)OC(C)(C)C)C1. The van der Waals surface area contributed by atoms with Gasteiger partial charge in [-0.15, -0.1) is 0 Å². The van der Waals surface area contributed by atoms with Gasteiger partial charge in [-0.25, -0.2) is 9.59 Å². The second kappa shape index (κ2) is 6.77. The summed E-state index contributed by atoms with van der Waals surface area (Å²) in [6.07, 6.45) is 2.08. The van der Waals surface area contributed by atoms with Gasteiger partial charge in [0.15, 0.2) is 0 Å². The second-order valence-corrected chi connectivity index (χ2v) is 6.05. The first-order valence-electron chi connectivity index (χ1n) is 7.05. The third kappa shape index (κ3) is 5.23. The Kier molecular flexibility index (Phi) is 5.60. The first kappa shape index (κ1) is 16.5. The number of esters is 1. The smallest absolute Gasteiger partial charge is 0.410 e. The first-order valence-corrected chi connectivity index (χ1v) is 7.05. The van der Waals surface area contributed by atoms with Crippen molar-refractivity contribution in [1.29, 1.82) is 0 Å². The van der Waals surface area contributed by atoms with Gasteiger partial charge >= 0.3 is 12.1 Å². The molecule has 0 radical (unpaired) electrons. The molecule has 1 unspecified atom stereocenters. The normalized spacial score (nSPS) is 19.9. The zero-order valence-corrected chi connectivity index (χ0v) is 13.1. The molecule has 0 aromatic rings. The first-order chi connectivity index (χ1) is 9.23. The number of hydrogen-bond donors (Lipinski definition) is 0. The van der Waals surface area contributed by atoms with Crippen LogP contribution in [0.15, 0.2) is 11.6 Å². The van der Waals surface area contributed by atoms with Crippen molar-refractivity contribution in [2.75, 3.05) is 19.7 Å². The molecule has 0 spiro atoms. The lowest BCUT2D eigenvalue weighted by molar-refractivity contribution is -0.137. The van der Waals surface area contributed by atoms with Crippen LogP contribution in [-0.4, -0.2) is 42.3 Å². The van der Waals surface area contributed by atoms with Crippen LogP contribution in [0.3, 0.4) is 0 Å². The van der Waals surface area contributed by atoms with Gasteiger partial charge in [-0.3, -0.25) is 0 Å². The number of amides is 1. The van der Waals surface area contributed by atoms with Crippen molar-refractivity contribution in [2.24, 2.45) is 5.92 Å². The predicted molar refractivity (Wildman–Crippen MR) is 76.3 cm³/mol. The summed E-state index contributed by atoms with van der Waals surface area (Å²) in [5.41, 5.74) is 0.472. The molecule has 1 amide bonds. The molecule has 5 nitrogen and oxygen atoms in total. The van der Waals surface area contributed by atoms with Gasteiger partial charge in [-0.1, -0.05) is 5.57 Å². The highest BCUT2D eigenvalue weighted by molar-refractivity contribution is 5.82.